The molecule has 98 valence electrons. The average Bonchev–Trinajstić information content (AvgIpc) is 2.46. The number of nitrogens with one attached hydrogen (secondary N) is 1. The Morgan fingerprint density at radius 1 is 1.50 bits per heavy atom. The predicted molar refractivity (Wildman–Crippen MR) is 64.6 cm³/mol. The Labute approximate surface area is 109 Å². The van der Waals surface area contributed by atoms with E-state index in [1.807, 2.05) is 0 Å². The van der Waals surface area contributed by atoms with E-state index in [2.05, 4.69) is 10.4 Å². The minimum Gasteiger partial charge on any atom is -0.480 e. The maximum atomic E-state index is 12.1. The molecule has 1 amide bonds. The number of carboxylic acid groups (broad SMARTS) is 1. The molecule has 1 aromatic rings. The molecule has 6 nitrogen and oxygen atoms in total. The van der Waals surface area contributed by atoms with Gasteiger partial charge in [0.05, 0.1) is 10.7 Å². The topological polar surface area (TPSA) is 84.2 Å². The fraction of sp³-hybridized carbons (Fsp3) is 0.545. The highest BCUT2D eigenvalue weighted by atomic mass is 35.5. The van der Waals surface area contributed by atoms with Crippen molar-refractivity contribution in [1.82, 2.24) is 15.1 Å². The summed E-state index contributed by atoms with van der Waals surface area (Å²) in [7, 11) is 1.60. The zero-order valence-electron chi connectivity index (χ0n) is 10.2. The van der Waals surface area contributed by atoms with Gasteiger partial charge in [0.2, 0.25) is 0 Å². The van der Waals surface area contributed by atoms with Crippen LogP contribution < -0.4 is 5.32 Å². The van der Waals surface area contributed by atoms with Crippen molar-refractivity contribution in [1.29, 1.82) is 0 Å². The lowest BCUT2D eigenvalue weighted by Gasteiger charge is -2.38. The molecule has 18 heavy (non-hydrogen) atoms. The van der Waals surface area contributed by atoms with Crippen LogP contribution in [0.5, 0.6) is 0 Å². The Kier molecular flexibility index (Phi) is 3.06. The number of halogens is 1. The Hall–Kier alpha value is -1.56. The normalized spacial score (nSPS) is 17.1. The predicted octanol–water partition coefficient (Wildman–Crippen LogP) is 1.12. The van der Waals surface area contributed by atoms with Gasteiger partial charge in [0.1, 0.15) is 11.2 Å². The van der Waals surface area contributed by atoms with Crippen molar-refractivity contribution in [3.8, 4) is 0 Å². The number of aliphatic carboxylic acids is 1. The number of aromatic nitrogens is 2. The van der Waals surface area contributed by atoms with Crippen molar-refractivity contribution in [3.63, 3.8) is 0 Å². The third-order valence-corrected chi connectivity index (χ3v) is 3.79. The van der Waals surface area contributed by atoms with Crippen LogP contribution in [0.3, 0.4) is 0 Å². The van der Waals surface area contributed by atoms with Gasteiger partial charge < -0.3 is 10.4 Å². The van der Waals surface area contributed by atoms with Crippen LogP contribution in [0, 0.1) is 6.92 Å². The van der Waals surface area contributed by atoms with E-state index in [0.29, 0.717) is 18.5 Å². The fourth-order valence-electron chi connectivity index (χ4n) is 2.08. The van der Waals surface area contributed by atoms with Crippen LogP contribution in [0.25, 0.3) is 0 Å². The van der Waals surface area contributed by atoms with Crippen LogP contribution >= 0.6 is 11.6 Å². The van der Waals surface area contributed by atoms with Crippen molar-refractivity contribution in [3.05, 3.63) is 16.4 Å². The Bertz CT molecular complexity index is 520. The fourth-order valence-corrected chi connectivity index (χ4v) is 2.32. The summed E-state index contributed by atoms with van der Waals surface area (Å²) in [5, 5.41) is 16.0. The van der Waals surface area contributed by atoms with Crippen LogP contribution in [0.2, 0.25) is 5.02 Å². The molecule has 0 bridgehead atoms. The molecule has 7 heteroatoms. The summed E-state index contributed by atoms with van der Waals surface area (Å²) in [5.41, 5.74) is -0.400. The van der Waals surface area contributed by atoms with Crippen LogP contribution in [-0.4, -0.2) is 32.3 Å². The molecule has 0 spiro atoms. The summed E-state index contributed by atoms with van der Waals surface area (Å²) >= 11 is 5.99. The molecule has 0 atom stereocenters. The second kappa shape index (κ2) is 4.28. The number of carbonyl (C=O) groups is 2. The molecule has 2 rings (SSSR count). The van der Waals surface area contributed by atoms with Gasteiger partial charge in [-0.3, -0.25) is 9.48 Å². The minimum absolute atomic E-state index is 0.196. The zero-order valence-corrected chi connectivity index (χ0v) is 10.9. The second-order valence-electron chi connectivity index (χ2n) is 4.57. The monoisotopic (exact) mass is 271 g/mol. The lowest BCUT2D eigenvalue weighted by Crippen LogP contribution is -2.59. The molecule has 1 saturated carbocycles. The van der Waals surface area contributed by atoms with Gasteiger partial charge in [-0.05, 0) is 26.2 Å². The summed E-state index contributed by atoms with van der Waals surface area (Å²) in [6.07, 6.45) is 1.69. The third-order valence-electron chi connectivity index (χ3n) is 3.33. The van der Waals surface area contributed by atoms with Gasteiger partial charge in [-0.25, -0.2) is 4.79 Å². The maximum Gasteiger partial charge on any atom is 0.329 e. The minimum atomic E-state index is -1.14. The van der Waals surface area contributed by atoms with Gasteiger partial charge in [-0.2, -0.15) is 5.10 Å². The third kappa shape index (κ3) is 1.86. The van der Waals surface area contributed by atoms with E-state index < -0.39 is 17.4 Å². The molecule has 1 aliphatic carbocycles. The summed E-state index contributed by atoms with van der Waals surface area (Å²) in [4.78, 5) is 23.3. The maximum absolute atomic E-state index is 12.1. The molecule has 0 aliphatic heterocycles. The van der Waals surface area contributed by atoms with E-state index in [0.717, 1.165) is 6.42 Å². The number of hydrogen-bond acceptors (Lipinski definition) is 3. The number of nitrogens with zero attached hydrogens (tertiary/aromatic N) is 2. The van der Waals surface area contributed by atoms with E-state index in [9.17, 15) is 9.59 Å². The van der Waals surface area contributed by atoms with E-state index in [4.69, 9.17) is 16.7 Å². The Morgan fingerprint density at radius 2 is 2.11 bits per heavy atom. The van der Waals surface area contributed by atoms with Gasteiger partial charge in [0.15, 0.2) is 0 Å². The first-order valence-corrected chi connectivity index (χ1v) is 6.00. The lowest BCUT2D eigenvalue weighted by atomic mass is 9.76. The summed E-state index contributed by atoms with van der Waals surface area (Å²) in [5.74, 6) is -1.50. The van der Waals surface area contributed by atoms with E-state index in [-0.39, 0.29) is 10.7 Å². The highest BCUT2D eigenvalue weighted by Crippen LogP contribution is 2.32. The quantitative estimate of drug-likeness (QED) is 0.863. The number of amides is 1. The first kappa shape index (κ1) is 12.9. The summed E-state index contributed by atoms with van der Waals surface area (Å²) in [6.45, 7) is 1.69. The molecule has 0 aromatic carbocycles. The highest BCUT2D eigenvalue weighted by molar-refractivity contribution is 6.34. The van der Waals surface area contributed by atoms with Crippen molar-refractivity contribution < 1.29 is 14.7 Å². The van der Waals surface area contributed by atoms with Crippen LogP contribution in [0.15, 0.2) is 0 Å². The standard InChI is InChI=1S/C11H14ClN3O3/c1-6-7(12)8(15(2)14-6)9(16)13-11(10(17)18)4-3-5-11/h3-5H2,1-2H3,(H,13,16)(H,17,18). The largest absolute Gasteiger partial charge is 0.480 e. The molecular formula is C11H14ClN3O3. The van der Waals surface area contributed by atoms with E-state index >= 15 is 0 Å². The average molecular weight is 272 g/mol. The highest BCUT2D eigenvalue weighted by Gasteiger charge is 2.46. The van der Waals surface area contributed by atoms with Gasteiger partial charge in [0, 0.05) is 7.05 Å². The number of rotatable bonds is 3. The molecule has 1 aliphatic rings. The van der Waals surface area contributed by atoms with Gasteiger partial charge in [-0.1, -0.05) is 11.6 Å². The van der Waals surface area contributed by atoms with Crippen LogP contribution in [0.1, 0.15) is 35.4 Å². The molecule has 1 fully saturated rings. The smallest absolute Gasteiger partial charge is 0.329 e. The second-order valence-corrected chi connectivity index (χ2v) is 4.94. The summed E-state index contributed by atoms with van der Waals surface area (Å²) in [6, 6.07) is 0. The van der Waals surface area contributed by atoms with Crippen molar-refractivity contribution in [2.45, 2.75) is 31.7 Å². The summed E-state index contributed by atoms with van der Waals surface area (Å²) < 4.78 is 1.36. The molecule has 0 radical (unpaired) electrons. The molecular weight excluding hydrogens is 258 g/mol. The van der Waals surface area contributed by atoms with Crippen molar-refractivity contribution in [2.24, 2.45) is 7.05 Å². The Morgan fingerprint density at radius 3 is 2.44 bits per heavy atom. The zero-order chi connectivity index (χ0) is 13.5. The number of carbonyl (C=O) groups excluding carboxylic acids is 1. The first-order chi connectivity index (χ1) is 8.37. The molecule has 0 unspecified atom stereocenters. The van der Waals surface area contributed by atoms with Gasteiger partial charge in [0.25, 0.3) is 5.91 Å². The SMILES string of the molecule is Cc1nn(C)c(C(=O)NC2(C(=O)O)CCC2)c1Cl. The molecule has 0 saturated heterocycles. The molecule has 2 N–H and O–H groups in total. The van der Waals surface area contributed by atoms with Gasteiger partial charge >= 0.3 is 5.97 Å². The van der Waals surface area contributed by atoms with Crippen LogP contribution in [-0.2, 0) is 11.8 Å². The van der Waals surface area contributed by atoms with E-state index in [1.54, 1.807) is 14.0 Å². The first-order valence-electron chi connectivity index (χ1n) is 5.62. The van der Waals surface area contributed by atoms with Crippen LogP contribution in [0.4, 0.5) is 0 Å². The molecule has 1 aromatic heterocycles. The number of carboxylic acids is 1. The Balaban J connectivity index is 2.25. The number of aryl methyl sites for hydroxylation is 2. The number of hydrogen-bond donors (Lipinski definition) is 2. The lowest BCUT2D eigenvalue weighted by molar-refractivity contribution is -0.148. The van der Waals surface area contributed by atoms with E-state index in [1.165, 1.54) is 4.68 Å². The molecule has 1 heterocycles. The van der Waals surface area contributed by atoms with Gasteiger partial charge in [-0.15, -0.1) is 0 Å². The van der Waals surface area contributed by atoms with Crippen molar-refractivity contribution >= 4 is 23.5 Å². The van der Waals surface area contributed by atoms with Crippen molar-refractivity contribution in [2.75, 3.05) is 0 Å².